The van der Waals surface area contributed by atoms with Crippen molar-refractivity contribution in [1.82, 2.24) is 4.57 Å². The van der Waals surface area contributed by atoms with Gasteiger partial charge in [0.15, 0.2) is 6.61 Å². The largest absolute Gasteiger partial charge is 0.457 e. The summed E-state index contributed by atoms with van der Waals surface area (Å²) < 4.78 is 20.8. The van der Waals surface area contributed by atoms with Crippen molar-refractivity contribution in [2.45, 2.75) is 70.9 Å². The summed E-state index contributed by atoms with van der Waals surface area (Å²) in [5, 5.41) is 10.9. The number of carbonyl (C=O) groups excluding carboxylic acids is 2. The molecule has 1 N–H and O–H groups in total. The normalized spacial score (nSPS) is 29.9. The topological polar surface area (TPSA) is 68.5 Å². The van der Waals surface area contributed by atoms with Crippen LogP contribution in [0, 0.1) is 36.9 Å². The molecule has 6 heteroatoms. The number of ketones is 1. The zero-order chi connectivity index (χ0) is 23.4. The van der Waals surface area contributed by atoms with Gasteiger partial charge in [-0.3, -0.25) is 9.59 Å². The van der Waals surface area contributed by atoms with E-state index < -0.39 is 11.0 Å². The highest BCUT2D eigenvalue weighted by Gasteiger charge is 2.60. The van der Waals surface area contributed by atoms with E-state index in [1.165, 1.54) is 12.1 Å². The molecule has 4 fully saturated rings. The van der Waals surface area contributed by atoms with Gasteiger partial charge in [-0.1, -0.05) is 12.1 Å². The quantitative estimate of drug-likeness (QED) is 0.494. The molecule has 2 aromatic rings. The van der Waals surface area contributed by atoms with E-state index in [2.05, 4.69) is 4.57 Å². The molecule has 0 amide bonds. The summed E-state index contributed by atoms with van der Waals surface area (Å²) in [6, 6.07) is 8.31. The molecule has 4 aliphatic rings. The van der Waals surface area contributed by atoms with Crippen molar-refractivity contribution in [3.05, 3.63) is 58.7 Å². The van der Waals surface area contributed by atoms with Crippen LogP contribution in [0.25, 0.3) is 0 Å². The third kappa shape index (κ3) is 4.14. The summed E-state index contributed by atoms with van der Waals surface area (Å²) >= 11 is 0. The number of carbonyl (C=O) groups is 2. The second-order valence-corrected chi connectivity index (χ2v) is 10.8. The molecule has 4 aliphatic carbocycles. The Hall–Kier alpha value is -2.47. The smallest absolute Gasteiger partial charge is 0.312 e. The molecule has 2 atom stereocenters. The van der Waals surface area contributed by atoms with Crippen molar-refractivity contribution in [2.75, 3.05) is 6.61 Å². The van der Waals surface area contributed by atoms with Crippen LogP contribution in [0.2, 0.25) is 0 Å². The van der Waals surface area contributed by atoms with Gasteiger partial charge in [-0.05, 0) is 94.4 Å². The van der Waals surface area contributed by atoms with Gasteiger partial charge in [0, 0.05) is 23.5 Å². The third-order valence-corrected chi connectivity index (χ3v) is 8.21. The van der Waals surface area contributed by atoms with Crippen molar-refractivity contribution >= 4 is 11.8 Å². The molecule has 0 spiro atoms. The highest BCUT2D eigenvalue weighted by molar-refractivity contribution is 5.99. The summed E-state index contributed by atoms with van der Waals surface area (Å²) in [5.74, 6) is 0.0118. The van der Waals surface area contributed by atoms with Gasteiger partial charge >= 0.3 is 5.97 Å². The summed E-state index contributed by atoms with van der Waals surface area (Å²) in [4.78, 5) is 26.1. The summed E-state index contributed by atoms with van der Waals surface area (Å²) in [6.45, 7) is 4.27. The molecule has 0 aliphatic heterocycles. The van der Waals surface area contributed by atoms with Gasteiger partial charge in [-0.15, -0.1) is 0 Å². The Morgan fingerprint density at radius 2 is 1.79 bits per heavy atom. The molecule has 1 aromatic carbocycles. The van der Waals surface area contributed by atoms with Crippen LogP contribution in [0.5, 0.6) is 0 Å². The second-order valence-electron chi connectivity index (χ2n) is 10.8. The number of ether oxygens (including phenoxy) is 1. The van der Waals surface area contributed by atoms with E-state index in [9.17, 15) is 19.1 Å². The zero-order valence-corrected chi connectivity index (χ0v) is 19.4. The SMILES string of the molecule is Cc1cc(C(=O)COC(=O)C23CC4CC(CC(O)(C4)C2)C3)c(C)n1CCc1ccc(F)cc1. The number of rotatable bonds is 7. The molecule has 0 saturated heterocycles. The van der Waals surface area contributed by atoms with Gasteiger partial charge < -0.3 is 14.4 Å². The molecular formula is C27H32FNO4. The predicted molar refractivity (Wildman–Crippen MR) is 121 cm³/mol. The maximum absolute atomic E-state index is 13.1. The summed E-state index contributed by atoms with van der Waals surface area (Å²) in [7, 11) is 0. The number of esters is 1. The molecule has 5 nitrogen and oxygen atoms in total. The van der Waals surface area contributed by atoms with E-state index in [0.717, 1.165) is 55.5 Å². The van der Waals surface area contributed by atoms with Crippen LogP contribution in [-0.4, -0.2) is 33.6 Å². The van der Waals surface area contributed by atoms with E-state index in [4.69, 9.17) is 4.74 Å². The molecule has 1 heterocycles. The van der Waals surface area contributed by atoms with E-state index in [1.807, 2.05) is 19.9 Å². The van der Waals surface area contributed by atoms with E-state index in [0.29, 0.717) is 30.4 Å². The molecular weight excluding hydrogens is 421 g/mol. The van der Waals surface area contributed by atoms with Crippen molar-refractivity contribution in [2.24, 2.45) is 17.3 Å². The molecule has 0 radical (unpaired) electrons. The van der Waals surface area contributed by atoms with Crippen LogP contribution < -0.4 is 0 Å². The molecule has 1 aromatic heterocycles. The lowest BCUT2D eigenvalue weighted by Crippen LogP contribution is -2.58. The maximum atomic E-state index is 13.1. The number of aliphatic hydroxyl groups is 1. The Kier molecular flexibility index (Phi) is 5.47. The number of hydrogen-bond donors (Lipinski definition) is 1. The molecule has 4 saturated carbocycles. The van der Waals surface area contributed by atoms with Crippen LogP contribution in [0.1, 0.15) is 65.8 Å². The third-order valence-electron chi connectivity index (χ3n) is 8.21. The number of aromatic nitrogens is 1. The lowest BCUT2D eigenvalue weighted by molar-refractivity contribution is -0.195. The number of halogens is 1. The lowest BCUT2D eigenvalue weighted by Gasteiger charge is -2.58. The van der Waals surface area contributed by atoms with Gasteiger partial charge in [-0.2, -0.15) is 0 Å². The molecule has 4 bridgehead atoms. The minimum atomic E-state index is -0.734. The molecule has 33 heavy (non-hydrogen) atoms. The van der Waals surface area contributed by atoms with Crippen LogP contribution in [0.3, 0.4) is 0 Å². The fourth-order valence-electron chi connectivity index (χ4n) is 7.13. The van der Waals surface area contributed by atoms with Gasteiger partial charge in [0.1, 0.15) is 5.82 Å². The van der Waals surface area contributed by atoms with Gasteiger partial charge in [0.05, 0.1) is 11.0 Å². The van der Waals surface area contributed by atoms with Crippen LogP contribution >= 0.6 is 0 Å². The minimum Gasteiger partial charge on any atom is -0.457 e. The number of aryl methyl sites for hydroxylation is 2. The van der Waals surface area contributed by atoms with Gasteiger partial charge in [-0.25, -0.2) is 4.39 Å². The molecule has 2 unspecified atom stereocenters. The number of benzene rings is 1. The molecule has 6 rings (SSSR count). The average molecular weight is 454 g/mol. The minimum absolute atomic E-state index is 0.201. The highest BCUT2D eigenvalue weighted by atomic mass is 19.1. The first-order valence-corrected chi connectivity index (χ1v) is 12.0. The Bertz CT molecular complexity index is 1070. The highest BCUT2D eigenvalue weighted by Crippen LogP contribution is 2.61. The first-order chi connectivity index (χ1) is 15.7. The molecule has 176 valence electrons. The van der Waals surface area contributed by atoms with Gasteiger partial charge in [0.2, 0.25) is 5.78 Å². The second kappa shape index (κ2) is 8.08. The number of Topliss-reactive ketones (excluding diaryl/α,β-unsaturated/α-hetero) is 1. The van der Waals surface area contributed by atoms with Crippen LogP contribution in [-0.2, 0) is 22.5 Å². The van der Waals surface area contributed by atoms with Crippen LogP contribution in [0.15, 0.2) is 30.3 Å². The Morgan fingerprint density at radius 3 is 2.42 bits per heavy atom. The lowest BCUT2D eigenvalue weighted by atomic mass is 9.48. The summed E-state index contributed by atoms with van der Waals surface area (Å²) in [5.41, 5.74) is 2.06. The monoisotopic (exact) mass is 453 g/mol. The Labute approximate surface area is 193 Å². The predicted octanol–water partition coefficient (Wildman–Crippen LogP) is 4.54. The standard InChI is InChI=1S/C27H32FNO4/c1-17-9-23(18(2)29(17)8-7-19-3-5-22(28)6-4-19)24(30)15-33-25(31)26-11-20-10-21(12-26)14-27(32,13-20)16-26/h3-6,9,20-21,32H,7-8,10-16H2,1-2H3. The van der Waals surface area contributed by atoms with Crippen molar-refractivity contribution < 1.29 is 23.8 Å². The first-order valence-electron chi connectivity index (χ1n) is 12.0. The van der Waals surface area contributed by atoms with Crippen LogP contribution in [0.4, 0.5) is 4.39 Å². The zero-order valence-electron chi connectivity index (χ0n) is 19.4. The number of hydrogen-bond acceptors (Lipinski definition) is 4. The maximum Gasteiger partial charge on any atom is 0.312 e. The Morgan fingerprint density at radius 1 is 1.12 bits per heavy atom. The average Bonchev–Trinajstić information content (AvgIpc) is 3.03. The van der Waals surface area contributed by atoms with E-state index in [-0.39, 0.29) is 24.2 Å². The fourth-order valence-corrected chi connectivity index (χ4v) is 7.13. The van der Waals surface area contributed by atoms with Crippen molar-refractivity contribution in [1.29, 1.82) is 0 Å². The first kappa shape index (κ1) is 22.3. The van der Waals surface area contributed by atoms with E-state index >= 15 is 0 Å². The fraction of sp³-hybridized carbons (Fsp3) is 0.556. The van der Waals surface area contributed by atoms with Gasteiger partial charge in [0.25, 0.3) is 0 Å². The van der Waals surface area contributed by atoms with E-state index in [1.54, 1.807) is 12.1 Å². The van der Waals surface area contributed by atoms with Crippen molar-refractivity contribution in [3.63, 3.8) is 0 Å². The summed E-state index contributed by atoms with van der Waals surface area (Å²) in [6.07, 6.45) is 5.43. The number of nitrogens with zero attached hydrogens (tertiary/aromatic N) is 1. The Balaban J connectivity index is 1.23. The van der Waals surface area contributed by atoms with Crippen molar-refractivity contribution in [3.8, 4) is 0 Å².